The molecule has 144 valence electrons. The van der Waals surface area contributed by atoms with Crippen molar-refractivity contribution < 1.29 is 14.7 Å². The SMILES string of the molecule is CCC(C)(C)NC(=O)CN1CCc2nc(-c3ccc(C(=O)O)cc3)[nH]c2C1. The summed E-state index contributed by atoms with van der Waals surface area (Å²) < 4.78 is 0. The summed E-state index contributed by atoms with van der Waals surface area (Å²) in [5.41, 5.74) is 2.94. The Labute approximate surface area is 158 Å². The smallest absolute Gasteiger partial charge is 0.335 e. The second kappa shape index (κ2) is 7.52. The summed E-state index contributed by atoms with van der Waals surface area (Å²) in [6, 6.07) is 6.66. The summed E-state index contributed by atoms with van der Waals surface area (Å²) in [5.74, 6) is -0.176. The average molecular weight is 370 g/mol. The normalized spacial score (nSPS) is 14.6. The molecule has 0 saturated heterocycles. The van der Waals surface area contributed by atoms with E-state index in [1.807, 2.05) is 13.8 Å². The van der Waals surface area contributed by atoms with Gasteiger partial charge >= 0.3 is 5.97 Å². The molecule has 1 amide bonds. The fourth-order valence-corrected chi connectivity index (χ4v) is 3.10. The lowest BCUT2D eigenvalue weighted by Crippen LogP contribution is -2.48. The molecule has 0 atom stereocenters. The van der Waals surface area contributed by atoms with Crippen LogP contribution in [0, 0.1) is 0 Å². The minimum atomic E-state index is -0.944. The number of carboxylic acid groups (broad SMARTS) is 1. The zero-order chi connectivity index (χ0) is 19.6. The molecule has 3 N–H and O–H groups in total. The van der Waals surface area contributed by atoms with Crippen LogP contribution >= 0.6 is 0 Å². The van der Waals surface area contributed by atoms with E-state index < -0.39 is 5.97 Å². The molecule has 1 aromatic heterocycles. The van der Waals surface area contributed by atoms with Crippen molar-refractivity contribution in [3.05, 3.63) is 41.2 Å². The molecular weight excluding hydrogens is 344 g/mol. The number of nitrogens with zero attached hydrogens (tertiary/aromatic N) is 2. The Kier molecular flexibility index (Phi) is 5.32. The summed E-state index contributed by atoms with van der Waals surface area (Å²) >= 11 is 0. The van der Waals surface area contributed by atoms with Crippen molar-refractivity contribution in [2.45, 2.75) is 45.7 Å². The molecule has 0 fully saturated rings. The van der Waals surface area contributed by atoms with Crippen LogP contribution < -0.4 is 5.32 Å². The predicted molar refractivity (Wildman–Crippen MR) is 102 cm³/mol. The second-order valence-corrected chi connectivity index (χ2v) is 7.64. The number of carbonyl (C=O) groups is 2. The first-order valence-electron chi connectivity index (χ1n) is 9.22. The quantitative estimate of drug-likeness (QED) is 0.725. The van der Waals surface area contributed by atoms with Crippen molar-refractivity contribution in [1.82, 2.24) is 20.2 Å². The number of aromatic nitrogens is 2. The number of aromatic amines is 1. The zero-order valence-electron chi connectivity index (χ0n) is 16.0. The molecule has 0 spiro atoms. The van der Waals surface area contributed by atoms with Crippen molar-refractivity contribution in [2.24, 2.45) is 0 Å². The van der Waals surface area contributed by atoms with Gasteiger partial charge in [-0.25, -0.2) is 9.78 Å². The first kappa shape index (κ1) is 19.1. The second-order valence-electron chi connectivity index (χ2n) is 7.64. The number of amides is 1. The van der Waals surface area contributed by atoms with Crippen molar-refractivity contribution >= 4 is 11.9 Å². The van der Waals surface area contributed by atoms with Crippen LogP contribution in [0.5, 0.6) is 0 Å². The fraction of sp³-hybridized carbons (Fsp3) is 0.450. The molecule has 2 heterocycles. The lowest BCUT2D eigenvalue weighted by Gasteiger charge is -2.29. The molecule has 1 aliphatic heterocycles. The number of H-pyrrole nitrogens is 1. The van der Waals surface area contributed by atoms with E-state index in [-0.39, 0.29) is 17.0 Å². The van der Waals surface area contributed by atoms with Crippen LogP contribution in [-0.4, -0.2) is 50.5 Å². The summed E-state index contributed by atoms with van der Waals surface area (Å²) in [6.45, 7) is 7.91. The highest BCUT2D eigenvalue weighted by molar-refractivity contribution is 5.88. The number of nitrogens with one attached hydrogen (secondary N) is 2. The molecule has 0 saturated carbocycles. The van der Waals surface area contributed by atoms with E-state index in [4.69, 9.17) is 5.11 Å². The Morgan fingerprint density at radius 2 is 2.00 bits per heavy atom. The number of rotatable bonds is 6. The third kappa shape index (κ3) is 4.54. The Morgan fingerprint density at radius 1 is 1.30 bits per heavy atom. The molecule has 1 aromatic carbocycles. The first-order chi connectivity index (χ1) is 12.8. The molecular formula is C20H26N4O3. The molecule has 0 radical (unpaired) electrons. The molecule has 27 heavy (non-hydrogen) atoms. The van der Waals surface area contributed by atoms with Gasteiger partial charge in [0.05, 0.1) is 23.5 Å². The van der Waals surface area contributed by atoms with Crippen LogP contribution in [0.3, 0.4) is 0 Å². The lowest BCUT2D eigenvalue weighted by atomic mass is 10.0. The van der Waals surface area contributed by atoms with Crippen LogP contribution in [0.4, 0.5) is 0 Å². The molecule has 0 unspecified atom stereocenters. The Hall–Kier alpha value is -2.67. The number of hydrogen-bond donors (Lipinski definition) is 3. The van der Waals surface area contributed by atoms with Crippen molar-refractivity contribution in [1.29, 1.82) is 0 Å². The third-order valence-corrected chi connectivity index (χ3v) is 5.05. The number of carbonyl (C=O) groups excluding carboxylic acids is 1. The van der Waals surface area contributed by atoms with Crippen LogP contribution in [-0.2, 0) is 17.8 Å². The topological polar surface area (TPSA) is 98.3 Å². The number of benzene rings is 1. The summed E-state index contributed by atoms with van der Waals surface area (Å²) in [6.07, 6.45) is 1.66. The van der Waals surface area contributed by atoms with E-state index in [1.165, 1.54) is 0 Å². The monoisotopic (exact) mass is 370 g/mol. The maximum atomic E-state index is 12.3. The Bertz CT molecular complexity index is 839. The van der Waals surface area contributed by atoms with Gasteiger partial charge in [-0.2, -0.15) is 0 Å². The van der Waals surface area contributed by atoms with Gasteiger partial charge < -0.3 is 15.4 Å². The molecule has 7 heteroatoms. The summed E-state index contributed by atoms with van der Waals surface area (Å²) in [4.78, 5) is 33.4. The van der Waals surface area contributed by atoms with Crippen LogP contribution in [0.25, 0.3) is 11.4 Å². The van der Waals surface area contributed by atoms with Crippen molar-refractivity contribution in [3.63, 3.8) is 0 Å². The van der Waals surface area contributed by atoms with E-state index in [1.54, 1.807) is 24.3 Å². The zero-order valence-corrected chi connectivity index (χ0v) is 16.0. The number of carboxylic acids is 1. The van der Waals surface area contributed by atoms with Crippen molar-refractivity contribution in [3.8, 4) is 11.4 Å². The standard InChI is InChI=1S/C20H26N4O3/c1-4-20(2,3)23-17(25)12-24-10-9-15-16(11-24)22-18(21-15)13-5-7-14(8-6-13)19(26)27/h5-8H,4,9-12H2,1-3H3,(H,21,22)(H,23,25)(H,26,27). The number of imidazole rings is 1. The number of aromatic carboxylic acids is 1. The van der Waals surface area contributed by atoms with Crippen molar-refractivity contribution in [2.75, 3.05) is 13.1 Å². The van der Waals surface area contributed by atoms with Crippen LogP contribution in [0.1, 0.15) is 48.9 Å². The Morgan fingerprint density at radius 3 is 2.63 bits per heavy atom. The van der Waals surface area contributed by atoms with Gasteiger partial charge in [0, 0.05) is 30.6 Å². The molecule has 0 bridgehead atoms. The van der Waals surface area contributed by atoms with Gasteiger partial charge in [0.25, 0.3) is 0 Å². The van der Waals surface area contributed by atoms with E-state index in [0.29, 0.717) is 13.1 Å². The minimum Gasteiger partial charge on any atom is -0.478 e. The van der Waals surface area contributed by atoms with Crippen LogP contribution in [0.2, 0.25) is 0 Å². The Balaban J connectivity index is 1.67. The highest BCUT2D eigenvalue weighted by atomic mass is 16.4. The van der Waals surface area contributed by atoms with Gasteiger partial charge in [0.15, 0.2) is 0 Å². The third-order valence-electron chi connectivity index (χ3n) is 5.05. The van der Waals surface area contributed by atoms with Crippen LogP contribution in [0.15, 0.2) is 24.3 Å². The minimum absolute atomic E-state index is 0.0364. The fourth-order valence-electron chi connectivity index (χ4n) is 3.10. The van der Waals surface area contributed by atoms with E-state index in [9.17, 15) is 9.59 Å². The highest BCUT2D eigenvalue weighted by Gasteiger charge is 2.24. The lowest BCUT2D eigenvalue weighted by molar-refractivity contribution is -0.124. The predicted octanol–water partition coefficient (Wildman–Crippen LogP) is 2.44. The van der Waals surface area contributed by atoms with E-state index in [2.05, 4.69) is 27.1 Å². The number of hydrogen-bond acceptors (Lipinski definition) is 4. The van der Waals surface area contributed by atoms with Gasteiger partial charge in [0.1, 0.15) is 5.82 Å². The molecule has 0 aliphatic carbocycles. The van der Waals surface area contributed by atoms with Gasteiger partial charge in [-0.1, -0.05) is 19.1 Å². The maximum Gasteiger partial charge on any atom is 0.335 e. The largest absolute Gasteiger partial charge is 0.478 e. The molecule has 1 aliphatic rings. The van der Waals surface area contributed by atoms with E-state index >= 15 is 0 Å². The molecule has 3 rings (SSSR count). The average Bonchev–Trinajstić information content (AvgIpc) is 3.04. The maximum absolute atomic E-state index is 12.3. The van der Waals surface area contributed by atoms with Gasteiger partial charge in [-0.15, -0.1) is 0 Å². The molecule has 2 aromatic rings. The first-order valence-corrected chi connectivity index (χ1v) is 9.22. The van der Waals surface area contributed by atoms with Gasteiger partial charge in [-0.05, 0) is 32.4 Å². The highest BCUT2D eigenvalue weighted by Crippen LogP contribution is 2.23. The van der Waals surface area contributed by atoms with Gasteiger partial charge in [-0.3, -0.25) is 9.69 Å². The van der Waals surface area contributed by atoms with E-state index in [0.717, 1.165) is 42.2 Å². The summed E-state index contributed by atoms with van der Waals surface area (Å²) in [7, 11) is 0. The molecule has 7 nitrogen and oxygen atoms in total. The summed E-state index contributed by atoms with van der Waals surface area (Å²) in [5, 5.41) is 12.1. The van der Waals surface area contributed by atoms with Gasteiger partial charge in [0.2, 0.25) is 5.91 Å². The number of fused-ring (bicyclic) bond motifs is 1.